The van der Waals surface area contributed by atoms with E-state index in [4.69, 9.17) is 5.73 Å². The van der Waals surface area contributed by atoms with E-state index in [1.165, 1.54) is 4.68 Å². The van der Waals surface area contributed by atoms with Crippen LogP contribution in [0.15, 0.2) is 18.2 Å². The molecule has 3 rings (SSSR count). The van der Waals surface area contributed by atoms with Gasteiger partial charge in [0, 0.05) is 12.1 Å². The fourth-order valence-electron chi connectivity index (χ4n) is 2.10. The number of piperidine rings is 1. The molecule has 1 atom stereocenters. The SMILES string of the molecule is Cl.Nc1ccc2c(c1)nnn2C1CCC(=O)NC1=O. The second-order valence-corrected chi connectivity index (χ2v) is 4.25. The van der Waals surface area contributed by atoms with Gasteiger partial charge in [0.1, 0.15) is 11.6 Å². The molecule has 2 amide bonds. The van der Waals surface area contributed by atoms with Gasteiger partial charge in [-0.3, -0.25) is 14.9 Å². The van der Waals surface area contributed by atoms with Crippen LogP contribution in [0.2, 0.25) is 0 Å². The highest BCUT2D eigenvalue weighted by molar-refractivity contribution is 6.00. The Hall–Kier alpha value is -2.15. The van der Waals surface area contributed by atoms with Gasteiger partial charge in [-0.15, -0.1) is 17.5 Å². The van der Waals surface area contributed by atoms with Gasteiger partial charge in [0.25, 0.3) is 5.91 Å². The second kappa shape index (κ2) is 4.85. The molecule has 100 valence electrons. The number of hydrogen-bond acceptors (Lipinski definition) is 5. The fourth-order valence-corrected chi connectivity index (χ4v) is 2.10. The minimum Gasteiger partial charge on any atom is -0.399 e. The van der Waals surface area contributed by atoms with E-state index in [1.807, 2.05) is 0 Å². The van der Waals surface area contributed by atoms with Crippen molar-refractivity contribution < 1.29 is 9.59 Å². The Morgan fingerprint density at radius 2 is 2.16 bits per heavy atom. The maximum absolute atomic E-state index is 11.8. The first kappa shape index (κ1) is 13.3. The van der Waals surface area contributed by atoms with Crippen molar-refractivity contribution in [1.82, 2.24) is 20.3 Å². The third-order valence-electron chi connectivity index (χ3n) is 3.00. The first-order valence-electron chi connectivity index (χ1n) is 5.59. The number of nitrogens with two attached hydrogens (primary N) is 1. The van der Waals surface area contributed by atoms with Crippen LogP contribution in [0, 0.1) is 0 Å². The van der Waals surface area contributed by atoms with Crippen LogP contribution in [0.1, 0.15) is 18.9 Å². The number of carbonyl (C=O) groups is 2. The average Bonchev–Trinajstić information content (AvgIpc) is 2.72. The quantitative estimate of drug-likeness (QED) is 0.582. The number of nitrogens with one attached hydrogen (secondary N) is 1. The Balaban J connectivity index is 0.00000133. The molecule has 0 spiro atoms. The van der Waals surface area contributed by atoms with Crippen molar-refractivity contribution in [2.24, 2.45) is 0 Å². The standard InChI is InChI=1S/C11H11N5O2.ClH/c12-6-1-2-8-7(5-6)14-15-16(8)9-3-4-10(17)13-11(9)18;/h1-2,5,9H,3-4,12H2,(H,13,17,18);1H. The predicted molar refractivity (Wildman–Crippen MR) is 70.6 cm³/mol. The summed E-state index contributed by atoms with van der Waals surface area (Å²) in [5.41, 5.74) is 7.62. The smallest absolute Gasteiger partial charge is 0.251 e. The summed E-state index contributed by atoms with van der Waals surface area (Å²) in [5, 5.41) is 10.3. The van der Waals surface area contributed by atoms with Crippen molar-refractivity contribution in [3.8, 4) is 0 Å². The number of anilines is 1. The van der Waals surface area contributed by atoms with E-state index >= 15 is 0 Å². The first-order chi connectivity index (χ1) is 8.65. The van der Waals surface area contributed by atoms with Crippen LogP contribution in [0.5, 0.6) is 0 Å². The summed E-state index contributed by atoms with van der Waals surface area (Å²) >= 11 is 0. The summed E-state index contributed by atoms with van der Waals surface area (Å²) in [7, 11) is 0. The Morgan fingerprint density at radius 1 is 1.37 bits per heavy atom. The first-order valence-corrected chi connectivity index (χ1v) is 5.59. The van der Waals surface area contributed by atoms with E-state index in [2.05, 4.69) is 15.6 Å². The van der Waals surface area contributed by atoms with E-state index in [9.17, 15) is 9.59 Å². The Bertz CT molecular complexity index is 654. The predicted octanol–water partition coefficient (Wildman–Crippen LogP) is 0.413. The molecule has 1 unspecified atom stereocenters. The Labute approximate surface area is 114 Å². The summed E-state index contributed by atoms with van der Waals surface area (Å²) in [6.07, 6.45) is 0.750. The van der Waals surface area contributed by atoms with Gasteiger partial charge in [0.15, 0.2) is 0 Å². The molecule has 3 N–H and O–H groups in total. The summed E-state index contributed by atoms with van der Waals surface area (Å²) in [6, 6.07) is 4.71. The van der Waals surface area contributed by atoms with E-state index in [0.717, 1.165) is 5.52 Å². The van der Waals surface area contributed by atoms with Crippen LogP contribution in [0.3, 0.4) is 0 Å². The lowest BCUT2D eigenvalue weighted by atomic mass is 10.1. The Morgan fingerprint density at radius 3 is 2.89 bits per heavy atom. The second-order valence-electron chi connectivity index (χ2n) is 4.25. The molecular formula is C11H12ClN5O2. The summed E-state index contributed by atoms with van der Waals surface area (Å²) < 4.78 is 1.54. The zero-order valence-corrected chi connectivity index (χ0v) is 10.7. The largest absolute Gasteiger partial charge is 0.399 e. The number of nitrogens with zero attached hydrogens (tertiary/aromatic N) is 3. The van der Waals surface area contributed by atoms with Gasteiger partial charge in [-0.05, 0) is 24.6 Å². The molecule has 8 heteroatoms. The van der Waals surface area contributed by atoms with Crippen LogP contribution in [-0.2, 0) is 9.59 Å². The van der Waals surface area contributed by atoms with Gasteiger partial charge in [-0.2, -0.15) is 0 Å². The highest BCUT2D eigenvalue weighted by Gasteiger charge is 2.29. The van der Waals surface area contributed by atoms with Crippen molar-refractivity contribution in [2.45, 2.75) is 18.9 Å². The lowest BCUT2D eigenvalue weighted by Gasteiger charge is -2.20. The van der Waals surface area contributed by atoms with E-state index in [0.29, 0.717) is 24.0 Å². The lowest BCUT2D eigenvalue weighted by Crippen LogP contribution is -2.42. The normalized spacial score (nSPS) is 19.1. The van der Waals surface area contributed by atoms with Crippen molar-refractivity contribution in [3.63, 3.8) is 0 Å². The molecule has 1 aromatic heterocycles. The molecule has 19 heavy (non-hydrogen) atoms. The van der Waals surface area contributed by atoms with Gasteiger partial charge in [-0.25, -0.2) is 4.68 Å². The van der Waals surface area contributed by atoms with E-state index in [1.54, 1.807) is 18.2 Å². The maximum atomic E-state index is 11.8. The number of carbonyl (C=O) groups excluding carboxylic acids is 2. The molecule has 0 bridgehead atoms. The van der Waals surface area contributed by atoms with Crippen molar-refractivity contribution in [1.29, 1.82) is 0 Å². The summed E-state index contributed by atoms with van der Waals surface area (Å²) in [5.74, 6) is -0.584. The summed E-state index contributed by atoms with van der Waals surface area (Å²) in [6.45, 7) is 0. The maximum Gasteiger partial charge on any atom is 0.251 e. The number of imide groups is 1. The molecule has 1 aromatic carbocycles. The zero-order valence-electron chi connectivity index (χ0n) is 9.87. The van der Waals surface area contributed by atoms with Gasteiger partial charge in [0.05, 0.1) is 5.52 Å². The minimum absolute atomic E-state index is 0. The van der Waals surface area contributed by atoms with Crippen LogP contribution < -0.4 is 11.1 Å². The van der Waals surface area contributed by atoms with Gasteiger partial charge in [0.2, 0.25) is 5.91 Å². The molecule has 1 saturated heterocycles. The van der Waals surface area contributed by atoms with E-state index in [-0.39, 0.29) is 24.2 Å². The number of halogens is 1. The van der Waals surface area contributed by atoms with Crippen molar-refractivity contribution >= 4 is 40.9 Å². The molecule has 1 aliphatic heterocycles. The van der Waals surface area contributed by atoms with Gasteiger partial charge < -0.3 is 5.73 Å². The molecule has 1 fully saturated rings. The molecule has 7 nitrogen and oxygen atoms in total. The van der Waals surface area contributed by atoms with E-state index < -0.39 is 6.04 Å². The van der Waals surface area contributed by atoms with Crippen LogP contribution in [0.25, 0.3) is 11.0 Å². The monoisotopic (exact) mass is 281 g/mol. The number of rotatable bonds is 1. The summed E-state index contributed by atoms with van der Waals surface area (Å²) in [4.78, 5) is 22.9. The highest BCUT2D eigenvalue weighted by atomic mass is 35.5. The molecule has 0 radical (unpaired) electrons. The third-order valence-corrected chi connectivity index (χ3v) is 3.00. The molecular weight excluding hydrogens is 270 g/mol. The van der Waals surface area contributed by atoms with Gasteiger partial charge in [-0.1, -0.05) is 5.21 Å². The fraction of sp³-hybridized carbons (Fsp3) is 0.273. The molecule has 0 saturated carbocycles. The number of benzene rings is 1. The molecule has 2 heterocycles. The number of hydrogen-bond donors (Lipinski definition) is 2. The number of nitrogen functional groups attached to an aromatic ring is 1. The third kappa shape index (κ3) is 2.24. The number of fused-ring (bicyclic) bond motifs is 1. The molecule has 0 aliphatic carbocycles. The minimum atomic E-state index is -0.490. The number of amides is 2. The topological polar surface area (TPSA) is 103 Å². The van der Waals surface area contributed by atoms with Crippen LogP contribution in [0.4, 0.5) is 5.69 Å². The molecule has 2 aromatic rings. The van der Waals surface area contributed by atoms with Crippen LogP contribution in [-0.4, -0.2) is 26.8 Å². The average molecular weight is 282 g/mol. The number of aromatic nitrogens is 3. The zero-order chi connectivity index (χ0) is 12.7. The van der Waals surface area contributed by atoms with Gasteiger partial charge >= 0.3 is 0 Å². The lowest BCUT2D eigenvalue weighted by molar-refractivity contribution is -0.135. The van der Waals surface area contributed by atoms with Crippen molar-refractivity contribution in [2.75, 3.05) is 5.73 Å². The Kier molecular flexibility index (Phi) is 3.39. The highest BCUT2D eigenvalue weighted by Crippen LogP contribution is 2.23. The molecule has 1 aliphatic rings. The van der Waals surface area contributed by atoms with Crippen molar-refractivity contribution in [3.05, 3.63) is 18.2 Å². The van der Waals surface area contributed by atoms with Crippen LogP contribution >= 0.6 is 12.4 Å².